The number of hydrogen-bond donors (Lipinski definition) is 2. The summed E-state index contributed by atoms with van der Waals surface area (Å²) in [5, 5.41) is 15.5. The largest absolute Gasteiger partial charge is 0.481 e. The van der Waals surface area contributed by atoms with Gasteiger partial charge in [-0.25, -0.2) is 0 Å². The van der Waals surface area contributed by atoms with Crippen molar-refractivity contribution < 1.29 is 19.4 Å². The number of carboxylic acids is 1. The van der Waals surface area contributed by atoms with Gasteiger partial charge in [-0.3, -0.25) is 19.2 Å². The summed E-state index contributed by atoms with van der Waals surface area (Å²) in [6.45, 7) is 4.74. The third kappa shape index (κ3) is 4.83. The first kappa shape index (κ1) is 15.5. The Bertz CT molecular complexity index is 482. The Balaban J connectivity index is 1.77. The Morgan fingerprint density at radius 3 is 2.81 bits per heavy atom. The zero-order valence-corrected chi connectivity index (χ0v) is 11.8. The van der Waals surface area contributed by atoms with E-state index in [-0.39, 0.29) is 18.9 Å². The molecule has 0 atom stereocenters. The maximum atomic E-state index is 12.1. The van der Waals surface area contributed by atoms with Gasteiger partial charge in [-0.2, -0.15) is 5.10 Å². The molecule has 0 radical (unpaired) electrons. The minimum absolute atomic E-state index is 0.0598. The highest BCUT2D eigenvalue weighted by molar-refractivity contribution is 5.92. The number of hydrogen-bond acceptors (Lipinski definition) is 5. The molecular weight excluding hydrogens is 276 g/mol. The molecule has 0 aromatic carbocycles. The molecule has 116 valence electrons. The van der Waals surface area contributed by atoms with Crippen molar-refractivity contribution >= 4 is 11.9 Å². The van der Waals surface area contributed by atoms with Crippen molar-refractivity contribution in [1.29, 1.82) is 0 Å². The van der Waals surface area contributed by atoms with Crippen LogP contribution in [-0.4, -0.2) is 71.1 Å². The number of amides is 1. The van der Waals surface area contributed by atoms with Crippen molar-refractivity contribution in [1.82, 2.24) is 20.0 Å². The zero-order valence-electron chi connectivity index (χ0n) is 11.8. The second-order valence-electron chi connectivity index (χ2n) is 4.79. The zero-order chi connectivity index (χ0) is 15.1. The van der Waals surface area contributed by atoms with Crippen molar-refractivity contribution in [3.05, 3.63) is 18.0 Å². The van der Waals surface area contributed by atoms with Crippen LogP contribution in [0, 0.1) is 0 Å². The van der Waals surface area contributed by atoms with Gasteiger partial charge in [0.15, 0.2) is 0 Å². The number of nitrogens with zero attached hydrogens (tertiary/aromatic N) is 3. The minimum Gasteiger partial charge on any atom is -0.481 e. The van der Waals surface area contributed by atoms with Gasteiger partial charge in [-0.15, -0.1) is 0 Å². The van der Waals surface area contributed by atoms with Crippen molar-refractivity contribution in [3.63, 3.8) is 0 Å². The topological polar surface area (TPSA) is 96.7 Å². The molecule has 8 nitrogen and oxygen atoms in total. The average molecular weight is 296 g/mol. The molecule has 1 aliphatic heterocycles. The van der Waals surface area contributed by atoms with E-state index in [1.54, 1.807) is 6.07 Å². The summed E-state index contributed by atoms with van der Waals surface area (Å²) in [6.07, 6.45) is 1.44. The van der Waals surface area contributed by atoms with Gasteiger partial charge >= 0.3 is 5.97 Å². The van der Waals surface area contributed by atoms with Crippen LogP contribution < -0.4 is 5.32 Å². The maximum absolute atomic E-state index is 12.1. The quantitative estimate of drug-likeness (QED) is 0.699. The Hall–Kier alpha value is -1.93. The number of aryl methyl sites for hydroxylation is 1. The third-order valence-corrected chi connectivity index (χ3v) is 3.30. The van der Waals surface area contributed by atoms with Crippen LogP contribution in [0.3, 0.4) is 0 Å². The van der Waals surface area contributed by atoms with Gasteiger partial charge < -0.3 is 15.2 Å². The van der Waals surface area contributed by atoms with E-state index in [1.165, 1.54) is 10.9 Å². The lowest BCUT2D eigenvalue weighted by atomic mass is 10.3. The minimum atomic E-state index is -0.913. The lowest BCUT2D eigenvalue weighted by Gasteiger charge is -2.26. The molecule has 0 saturated carbocycles. The molecule has 1 amide bonds. The van der Waals surface area contributed by atoms with E-state index in [1.807, 2.05) is 0 Å². The summed E-state index contributed by atoms with van der Waals surface area (Å²) < 4.78 is 6.67. The van der Waals surface area contributed by atoms with Gasteiger partial charge in [0.25, 0.3) is 5.91 Å². The monoisotopic (exact) mass is 296 g/mol. The lowest BCUT2D eigenvalue weighted by molar-refractivity contribution is -0.137. The van der Waals surface area contributed by atoms with Gasteiger partial charge in [-0.05, 0) is 6.07 Å². The summed E-state index contributed by atoms with van der Waals surface area (Å²) >= 11 is 0. The van der Waals surface area contributed by atoms with Crippen LogP contribution in [0.4, 0.5) is 0 Å². The number of nitrogens with one attached hydrogen (secondary N) is 1. The molecule has 8 heteroatoms. The van der Waals surface area contributed by atoms with Crippen molar-refractivity contribution in [2.45, 2.75) is 13.0 Å². The fourth-order valence-electron chi connectivity index (χ4n) is 2.15. The van der Waals surface area contributed by atoms with Crippen LogP contribution in [0.15, 0.2) is 12.3 Å². The summed E-state index contributed by atoms with van der Waals surface area (Å²) in [6, 6.07) is 1.59. The number of aliphatic carboxylic acids is 1. The fraction of sp³-hybridized carbons (Fsp3) is 0.615. The third-order valence-electron chi connectivity index (χ3n) is 3.30. The van der Waals surface area contributed by atoms with E-state index in [9.17, 15) is 9.59 Å². The molecule has 1 aliphatic rings. The summed E-state index contributed by atoms with van der Waals surface area (Å²) in [7, 11) is 0. The number of ether oxygens (including phenoxy) is 1. The van der Waals surface area contributed by atoms with Gasteiger partial charge in [0.1, 0.15) is 5.69 Å². The highest BCUT2D eigenvalue weighted by Gasteiger charge is 2.14. The number of morpholine rings is 1. The molecule has 2 N–H and O–H groups in total. The number of carbonyl (C=O) groups is 2. The Kier molecular flexibility index (Phi) is 5.70. The van der Waals surface area contributed by atoms with E-state index in [0.717, 1.165) is 32.8 Å². The van der Waals surface area contributed by atoms with Gasteiger partial charge in [0.2, 0.25) is 0 Å². The molecule has 0 unspecified atom stereocenters. The van der Waals surface area contributed by atoms with Crippen LogP contribution in [-0.2, 0) is 16.1 Å². The van der Waals surface area contributed by atoms with Crippen LogP contribution in [0.2, 0.25) is 0 Å². The van der Waals surface area contributed by atoms with Crippen LogP contribution in [0.1, 0.15) is 16.9 Å². The first-order valence-electron chi connectivity index (χ1n) is 6.99. The fourth-order valence-corrected chi connectivity index (χ4v) is 2.15. The summed E-state index contributed by atoms with van der Waals surface area (Å²) in [4.78, 5) is 24.8. The molecule has 0 aliphatic carbocycles. The Morgan fingerprint density at radius 2 is 2.10 bits per heavy atom. The molecule has 0 spiro atoms. The normalized spacial score (nSPS) is 15.8. The molecule has 1 saturated heterocycles. The van der Waals surface area contributed by atoms with Crippen LogP contribution >= 0.6 is 0 Å². The molecule has 2 rings (SSSR count). The Morgan fingerprint density at radius 1 is 1.33 bits per heavy atom. The number of carboxylic acid groups (broad SMARTS) is 1. The van der Waals surface area contributed by atoms with Crippen LogP contribution in [0.5, 0.6) is 0 Å². The maximum Gasteiger partial charge on any atom is 0.305 e. The summed E-state index contributed by atoms with van der Waals surface area (Å²) in [5.74, 6) is -1.14. The van der Waals surface area contributed by atoms with Gasteiger partial charge in [-0.1, -0.05) is 0 Å². The van der Waals surface area contributed by atoms with Crippen molar-refractivity contribution in [2.24, 2.45) is 0 Å². The number of aromatic nitrogens is 2. The average Bonchev–Trinajstić information content (AvgIpc) is 2.94. The van der Waals surface area contributed by atoms with E-state index < -0.39 is 5.97 Å². The van der Waals surface area contributed by atoms with Gasteiger partial charge in [0.05, 0.1) is 26.2 Å². The molecule has 21 heavy (non-hydrogen) atoms. The van der Waals surface area contributed by atoms with Crippen molar-refractivity contribution in [2.75, 3.05) is 39.4 Å². The smallest absolute Gasteiger partial charge is 0.305 e. The molecule has 1 fully saturated rings. The lowest BCUT2D eigenvalue weighted by Crippen LogP contribution is -2.41. The Labute approximate surface area is 122 Å². The molecule has 0 bridgehead atoms. The number of rotatable bonds is 7. The summed E-state index contributed by atoms with van der Waals surface area (Å²) in [5.41, 5.74) is 0.387. The van der Waals surface area contributed by atoms with E-state index in [4.69, 9.17) is 9.84 Å². The first-order valence-corrected chi connectivity index (χ1v) is 6.99. The van der Waals surface area contributed by atoms with Gasteiger partial charge in [0, 0.05) is 32.4 Å². The standard InChI is InChI=1S/C13H20N4O4/c18-12(19)2-5-17-11(1-3-15-17)13(20)14-4-6-16-7-9-21-10-8-16/h1,3H,2,4-10H2,(H,14,20)(H,18,19). The SMILES string of the molecule is O=C(O)CCn1nccc1C(=O)NCCN1CCOCC1. The van der Waals surface area contributed by atoms with Crippen LogP contribution in [0.25, 0.3) is 0 Å². The predicted molar refractivity (Wildman–Crippen MR) is 74.1 cm³/mol. The predicted octanol–water partition coefficient (Wildman–Crippen LogP) is -0.580. The molecule has 2 heterocycles. The van der Waals surface area contributed by atoms with E-state index in [2.05, 4.69) is 15.3 Å². The first-order chi connectivity index (χ1) is 10.2. The highest BCUT2D eigenvalue weighted by Crippen LogP contribution is 2.01. The number of carbonyl (C=O) groups excluding carboxylic acids is 1. The second-order valence-corrected chi connectivity index (χ2v) is 4.79. The molecule has 1 aromatic heterocycles. The second kappa shape index (κ2) is 7.75. The highest BCUT2D eigenvalue weighted by atomic mass is 16.5. The van der Waals surface area contributed by atoms with Crippen molar-refractivity contribution in [3.8, 4) is 0 Å². The van der Waals surface area contributed by atoms with E-state index >= 15 is 0 Å². The molecular formula is C13H20N4O4. The van der Waals surface area contributed by atoms with E-state index in [0.29, 0.717) is 12.2 Å². The molecule has 1 aromatic rings.